The number of nitrogens with one attached hydrogen (secondary N) is 1. The van der Waals surface area contributed by atoms with Crippen molar-refractivity contribution in [2.75, 3.05) is 65.3 Å². The standard InChI is InChI=1S/C33H44FN5O2/c1-36-32(40)41-31-9-5-8-30(31)33(23-37(2)3,27-6-4-7-28(34)18-27)26-14-16-38(17-15-26)20-25-21-39(22-25)29-12-10-24(19-35)11-13-29/h4,6-7,10-13,18,25-26,30-31H,5,8-9,14-17,20-23H2,1-3H3,(H,36,40). The first-order valence-corrected chi connectivity index (χ1v) is 15.1. The van der Waals surface area contributed by atoms with Gasteiger partial charge in [0.25, 0.3) is 0 Å². The fraction of sp³-hybridized carbons (Fsp3) is 0.576. The van der Waals surface area contributed by atoms with Crippen LogP contribution in [0.5, 0.6) is 0 Å². The molecule has 1 N–H and O–H groups in total. The Morgan fingerprint density at radius 2 is 1.85 bits per heavy atom. The van der Waals surface area contributed by atoms with Crippen LogP contribution in [0.2, 0.25) is 0 Å². The molecule has 2 aromatic rings. The summed E-state index contributed by atoms with van der Waals surface area (Å²) in [6.45, 7) is 6.01. The van der Waals surface area contributed by atoms with Crippen molar-refractivity contribution < 1.29 is 13.9 Å². The second kappa shape index (κ2) is 12.8. The highest BCUT2D eigenvalue weighted by Crippen LogP contribution is 2.51. The number of anilines is 1. The lowest BCUT2D eigenvalue weighted by Gasteiger charge is -2.52. The summed E-state index contributed by atoms with van der Waals surface area (Å²) in [5.74, 6) is 0.922. The van der Waals surface area contributed by atoms with Crippen LogP contribution in [0, 0.1) is 34.9 Å². The van der Waals surface area contributed by atoms with Crippen LogP contribution in [-0.2, 0) is 10.2 Å². The van der Waals surface area contributed by atoms with Crippen molar-refractivity contribution in [3.8, 4) is 6.07 Å². The van der Waals surface area contributed by atoms with Gasteiger partial charge in [0, 0.05) is 56.2 Å². The van der Waals surface area contributed by atoms with Crippen molar-refractivity contribution in [2.45, 2.75) is 43.6 Å². The van der Waals surface area contributed by atoms with E-state index in [1.807, 2.05) is 30.3 Å². The molecule has 7 nitrogen and oxygen atoms in total. The van der Waals surface area contributed by atoms with Gasteiger partial charge in [-0.1, -0.05) is 12.1 Å². The summed E-state index contributed by atoms with van der Waals surface area (Å²) in [5.41, 5.74) is 2.61. The van der Waals surface area contributed by atoms with E-state index in [1.165, 1.54) is 11.8 Å². The molecule has 41 heavy (non-hydrogen) atoms. The Bertz CT molecular complexity index is 1220. The molecule has 0 bridgehead atoms. The average molecular weight is 562 g/mol. The monoisotopic (exact) mass is 561 g/mol. The molecule has 3 unspecified atom stereocenters. The zero-order chi connectivity index (χ0) is 29.0. The highest BCUT2D eigenvalue weighted by Gasteiger charge is 2.53. The van der Waals surface area contributed by atoms with E-state index < -0.39 is 0 Å². The molecular formula is C33H44FN5O2. The van der Waals surface area contributed by atoms with Gasteiger partial charge in [0.2, 0.25) is 0 Å². The maximum absolute atomic E-state index is 14.8. The SMILES string of the molecule is CNC(=O)OC1CCCC1C(CN(C)C)(c1cccc(F)c1)C1CCN(CC2CN(c3ccc(C#N)cc3)C2)CC1. The van der Waals surface area contributed by atoms with Crippen LogP contribution in [0.1, 0.15) is 43.2 Å². The number of carbonyl (C=O) groups excluding carboxylic acids is 1. The Morgan fingerprint density at radius 3 is 2.49 bits per heavy atom. The molecule has 2 aliphatic heterocycles. The number of likely N-dealkylation sites (tertiary alicyclic amines) is 1. The molecule has 0 spiro atoms. The largest absolute Gasteiger partial charge is 0.446 e. The normalized spacial score (nSPS) is 23.6. The fourth-order valence-electron chi connectivity index (χ4n) is 7.88. The summed E-state index contributed by atoms with van der Waals surface area (Å²) in [5, 5.41) is 11.7. The van der Waals surface area contributed by atoms with Crippen molar-refractivity contribution in [1.82, 2.24) is 15.1 Å². The van der Waals surface area contributed by atoms with Gasteiger partial charge in [-0.05, 0) is 107 Å². The molecule has 3 aliphatic rings. The number of amides is 1. The Hall–Kier alpha value is -3.15. The van der Waals surface area contributed by atoms with E-state index in [4.69, 9.17) is 10.00 Å². The Labute approximate surface area is 244 Å². The number of likely N-dealkylation sites (N-methyl/N-ethyl adjacent to an activating group) is 1. The van der Waals surface area contributed by atoms with E-state index >= 15 is 0 Å². The van der Waals surface area contributed by atoms with Gasteiger partial charge in [0.1, 0.15) is 11.9 Å². The van der Waals surface area contributed by atoms with E-state index in [1.54, 1.807) is 13.1 Å². The van der Waals surface area contributed by atoms with E-state index in [-0.39, 0.29) is 29.3 Å². The van der Waals surface area contributed by atoms with Gasteiger partial charge < -0.3 is 24.8 Å². The number of alkyl carbamates (subject to hydrolysis) is 1. The highest BCUT2D eigenvalue weighted by atomic mass is 19.1. The molecule has 3 fully saturated rings. The molecule has 3 atom stereocenters. The van der Waals surface area contributed by atoms with Gasteiger partial charge >= 0.3 is 6.09 Å². The van der Waals surface area contributed by atoms with Gasteiger partial charge in [-0.3, -0.25) is 0 Å². The summed E-state index contributed by atoms with van der Waals surface area (Å²) in [4.78, 5) is 19.6. The predicted molar refractivity (Wildman–Crippen MR) is 159 cm³/mol. The molecule has 8 heteroatoms. The number of hydrogen-bond acceptors (Lipinski definition) is 6. The first-order valence-electron chi connectivity index (χ1n) is 15.1. The van der Waals surface area contributed by atoms with Crippen molar-refractivity contribution >= 4 is 11.8 Å². The van der Waals surface area contributed by atoms with E-state index in [0.29, 0.717) is 17.4 Å². The molecule has 5 rings (SSSR count). The van der Waals surface area contributed by atoms with Gasteiger partial charge in [0.15, 0.2) is 0 Å². The zero-order valence-corrected chi connectivity index (χ0v) is 24.7. The lowest BCUT2D eigenvalue weighted by Crippen LogP contribution is -2.56. The molecule has 2 heterocycles. The van der Waals surface area contributed by atoms with Crippen molar-refractivity contribution in [3.05, 3.63) is 65.5 Å². The third-order valence-corrected chi connectivity index (χ3v) is 9.67. The molecule has 0 aromatic heterocycles. The Kier molecular flexibility index (Phi) is 9.16. The highest BCUT2D eigenvalue weighted by molar-refractivity contribution is 5.67. The van der Waals surface area contributed by atoms with Crippen LogP contribution in [0.3, 0.4) is 0 Å². The number of nitriles is 1. The summed E-state index contributed by atoms with van der Waals surface area (Å²) < 4.78 is 20.7. The molecule has 2 aromatic carbocycles. The van der Waals surface area contributed by atoms with Gasteiger partial charge in [-0.15, -0.1) is 0 Å². The third kappa shape index (κ3) is 6.37. The summed E-state index contributed by atoms with van der Waals surface area (Å²) in [7, 11) is 5.80. The van der Waals surface area contributed by atoms with Gasteiger partial charge in [0.05, 0.1) is 11.6 Å². The maximum Gasteiger partial charge on any atom is 0.407 e. The lowest BCUT2D eigenvalue weighted by molar-refractivity contribution is -0.000812. The minimum absolute atomic E-state index is 0.133. The number of carbonyl (C=O) groups is 1. The van der Waals surface area contributed by atoms with Crippen LogP contribution in [-0.4, -0.2) is 82.4 Å². The van der Waals surface area contributed by atoms with Gasteiger partial charge in [-0.25, -0.2) is 9.18 Å². The third-order valence-electron chi connectivity index (χ3n) is 9.67. The quantitative estimate of drug-likeness (QED) is 0.471. The summed E-state index contributed by atoms with van der Waals surface area (Å²) >= 11 is 0. The smallest absolute Gasteiger partial charge is 0.407 e. The van der Waals surface area contributed by atoms with Crippen LogP contribution in [0.25, 0.3) is 0 Å². The van der Waals surface area contributed by atoms with E-state index in [2.05, 4.69) is 46.2 Å². The zero-order valence-electron chi connectivity index (χ0n) is 24.7. The number of benzene rings is 2. The Balaban J connectivity index is 1.30. The fourth-order valence-corrected chi connectivity index (χ4v) is 7.88. The van der Waals surface area contributed by atoms with Crippen LogP contribution < -0.4 is 10.2 Å². The summed E-state index contributed by atoms with van der Waals surface area (Å²) in [6, 6.07) is 17.2. The van der Waals surface area contributed by atoms with Crippen LogP contribution in [0.15, 0.2) is 48.5 Å². The van der Waals surface area contributed by atoms with Crippen molar-refractivity contribution in [2.24, 2.45) is 17.8 Å². The molecular weight excluding hydrogens is 517 g/mol. The number of nitrogens with zero attached hydrogens (tertiary/aromatic N) is 4. The summed E-state index contributed by atoms with van der Waals surface area (Å²) in [6.07, 6.45) is 4.34. The van der Waals surface area contributed by atoms with Crippen molar-refractivity contribution in [3.63, 3.8) is 0 Å². The first-order chi connectivity index (χ1) is 19.8. The number of piperidine rings is 1. The predicted octanol–water partition coefficient (Wildman–Crippen LogP) is 4.87. The number of ether oxygens (including phenoxy) is 1. The second-order valence-electron chi connectivity index (χ2n) is 12.5. The molecule has 2 saturated heterocycles. The number of hydrogen-bond donors (Lipinski definition) is 1. The topological polar surface area (TPSA) is 71.8 Å². The van der Waals surface area contributed by atoms with Crippen LogP contribution in [0.4, 0.5) is 14.9 Å². The molecule has 220 valence electrons. The first kappa shape index (κ1) is 29.3. The Morgan fingerprint density at radius 1 is 1.12 bits per heavy atom. The number of rotatable bonds is 9. The number of halogens is 1. The van der Waals surface area contributed by atoms with E-state index in [0.717, 1.165) is 76.9 Å². The van der Waals surface area contributed by atoms with Gasteiger partial charge in [-0.2, -0.15) is 5.26 Å². The lowest BCUT2D eigenvalue weighted by atomic mass is 9.58. The minimum atomic E-state index is -0.384. The molecule has 1 saturated carbocycles. The second-order valence-corrected chi connectivity index (χ2v) is 12.5. The van der Waals surface area contributed by atoms with E-state index in [9.17, 15) is 9.18 Å². The molecule has 1 aliphatic carbocycles. The molecule has 1 amide bonds. The maximum atomic E-state index is 14.8. The van der Waals surface area contributed by atoms with Crippen LogP contribution >= 0.6 is 0 Å². The molecule has 0 radical (unpaired) electrons. The average Bonchev–Trinajstić information content (AvgIpc) is 3.42. The van der Waals surface area contributed by atoms with Crippen molar-refractivity contribution in [1.29, 1.82) is 5.26 Å². The minimum Gasteiger partial charge on any atom is -0.446 e.